The second-order valence-electron chi connectivity index (χ2n) is 4.38. The first-order valence-electron chi connectivity index (χ1n) is 5.77. The normalized spacial score (nSPS) is 15.8. The number of benzene rings is 1. The van der Waals surface area contributed by atoms with Gasteiger partial charge in [0.05, 0.1) is 11.3 Å². The number of hydrogen-bond donors (Lipinski definition) is 1. The first kappa shape index (κ1) is 13.1. The number of nitrogens with zero attached hydrogens (tertiary/aromatic N) is 1. The number of nitrogens with two attached hydrogens (primary N) is 1. The highest BCUT2D eigenvalue weighted by Gasteiger charge is 2.34. The molecule has 1 saturated carbocycles. The second-order valence-corrected chi connectivity index (χ2v) is 4.38. The molecule has 6 heteroatoms. The molecule has 0 unspecified atom stereocenters. The van der Waals surface area contributed by atoms with E-state index >= 15 is 0 Å². The molecule has 18 heavy (non-hydrogen) atoms. The molecule has 0 spiro atoms. The third kappa shape index (κ3) is 2.75. The van der Waals surface area contributed by atoms with Crippen LogP contribution in [0.25, 0.3) is 0 Å². The Hall–Kier alpha value is -1.30. The Morgan fingerprint density at radius 3 is 2.39 bits per heavy atom. The van der Waals surface area contributed by atoms with Gasteiger partial charge in [-0.1, -0.05) is 0 Å². The van der Waals surface area contributed by atoms with Crippen molar-refractivity contribution in [3.8, 4) is 0 Å². The Balaban J connectivity index is 2.28. The van der Waals surface area contributed by atoms with Gasteiger partial charge in [0.15, 0.2) is 0 Å². The number of alkyl halides is 3. The highest BCUT2D eigenvalue weighted by Crippen LogP contribution is 2.36. The van der Waals surface area contributed by atoms with Gasteiger partial charge in [0, 0.05) is 19.1 Å². The third-order valence-electron chi connectivity index (χ3n) is 2.94. The van der Waals surface area contributed by atoms with Gasteiger partial charge in [0.1, 0.15) is 5.82 Å². The molecule has 100 valence electrons. The molecule has 0 heterocycles. The molecule has 1 aliphatic rings. The molecule has 1 aliphatic carbocycles. The van der Waals surface area contributed by atoms with Crippen LogP contribution in [0, 0.1) is 5.82 Å². The summed E-state index contributed by atoms with van der Waals surface area (Å²) >= 11 is 0. The fraction of sp³-hybridized carbons (Fsp3) is 0.500. The largest absolute Gasteiger partial charge is 0.416 e. The zero-order valence-corrected chi connectivity index (χ0v) is 9.67. The summed E-state index contributed by atoms with van der Waals surface area (Å²) in [6, 6.07) is 2.84. The summed E-state index contributed by atoms with van der Waals surface area (Å²) in [6.07, 6.45) is -2.65. The van der Waals surface area contributed by atoms with E-state index in [9.17, 15) is 17.6 Å². The summed E-state index contributed by atoms with van der Waals surface area (Å²) < 4.78 is 51.0. The summed E-state index contributed by atoms with van der Waals surface area (Å²) in [4.78, 5) is 1.75. The SMILES string of the molecule is NCCN(c1ccc(C(F)(F)F)cc1F)C1CC1. The molecular formula is C12H14F4N2. The second kappa shape index (κ2) is 4.76. The molecule has 1 aromatic rings. The summed E-state index contributed by atoms with van der Waals surface area (Å²) in [5.41, 5.74) is 4.68. The van der Waals surface area contributed by atoms with Crippen molar-refractivity contribution in [1.82, 2.24) is 0 Å². The van der Waals surface area contributed by atoms with Crippen molar-refractivity contribution >= 4 is 5.69 Å². The minimum Gasteiger partial charge on any atom is -0.365 e. The summed E-state index contributed by atoms with van der Waals surface area (Å²) in [6.45, 7) is 0.796. The Kier molecular flexibility index (Phi) is 3.47. The third-order valence-corrected chi connectivity index (χ3v) is 2.94. The number of hydrogen-bond acceptors (Lipinski definition) is 2. The van der Waals surface area contributed by atoms with E-state index in [4.69, 9.17) is 5.73 Å². The highest BCUT2D eigenvalue weighted by atomic mass is 19.4. The van der Waals surface area contributed by atoms with Crippen molar-refractivity contribution in [3.05, 3.63) is 29.6 Å². The molecular weight excluding hydrogens is 248 g/mol. The molecule has 0 atom stereocenters. The molecule has 0 aromatic heterocycles. The molecule has 0 aliphatic heterocycles. The Morgan fingerprint density at radius 2 is 1.94 bits per heavy atom. The van der Waals surface area contributed by atoms with Crippen LogP contribution in [0.4, 0.5) is 23.2 Å². The predicted octanol–water partition coefficient (Wildman–Crippen LogP) is 2.77. The average Bonchev–Trinajstić information content (AvgIpc) is 3.09. The Bertz CT molecular complexity index is 427. The fourth-order valence-corrected chi connectivity index (χ4v) is 1.94. The maximum Gasteiger partial charge on any atom is 0.416 e. The van der Waals surface area contributed by atoms with Gasteiger partial charge >= 0.3 is 6.18 Å². The van der Waals surface area contributed by atoms with E-state index in [1.807, 2.05) is 0 Å². The van der Waals surface area contributed by atoms with Crippen LogP contribution in [-0.2, 0) is 6.18 Å². The quantitative estimate of drug-likeness (QED) is 0.845. The van der Waals surface area contributed by atoms with Crippen molar-refractivity contribution in [1.29, 1.82) is 0 Å². The van der Waals surface area contributed by atoms with Gasteiger partial charge in [-0.25, -0.2) is 4.39 Å². The van der Waals surface area contributed by atoms with Gasteiger partial charge in [0.2, 0.25) is 0 Å². The van der Waals surface area contributed by atoms with Crippen molar-refractivity contribution in [2.75, 3.05) is 18.0 Å². The van der Waals surface area contributed by atoms with E-state index < -0.39 is 17.6 Å². The van der Waals surface area contributed by atoms with E-state index in [0.29, 0.717) is 19.2 Å². The van der Waals surface area contributed by atoms with Gasteiger partial charge in [-0.2, -0.15) is 13.2 Å². The first-order valence-corrected chi connectivity index (χ1v) is 5.77. The number of rotatable bonds is 4. The number of anilines is 1. The Morgan fingerprint density at radius 1 is 1.28 bits per heavy atom. The maximum atomic E-state index is 13.8. The minimum atomic E-state index is -4.52. The van der Waals surface area contributed by atoms with Crippen LogP contribution in [0.15, 0.2) is 18.2 Å². The van der Waals surface area contributed by atoms with Crippen molar-refractivity contribution in [2.24, 2.45) is 5.73 Å². The van der Waals surface area contributed by atoms with Gasteiger partial charge in [-0.15, -0.1) is 0 Å². The van der Waals surface area contributed by atoms with E-state index in [1.54, 1.807) is 4.90 Å². The zero-order valence-electron chi connectivity index (χ0n) is 9.67. The maximum absolute atomic E-state index is 13.8. The van der Waals surface area contributed by atoms with Gasteiger partial charge in [0.25, 0.3) is 0 Å². The highest BCUT2D eigenvalue weighted by molar-refractivity contribution is 5.51. The molecule has 2 N–H and O–H groups in total. The smallest absolute Gasteiger partial charge is 0.365 e. The monoisotopic (exact) mass is 262 g/mol. The lowest BCUT2D eigenvalue weighted by molar-refractivity contribution is -0.137. The van der Waals surface area contributed by atoms with Crippen LogP contribution < -0.4 is 10.6 Å². The molecule has 1 aromatic carbocycles. The standard InChI is InChI=1S/C12H14F4N2/c13-10-7-8(12(14,15)16)1-4-11(10)18(6-5-17)9-2-3-9/h1,4,7,9H,2-3,5-6,17H2. The average molecular weight is 262 g/mol. The van der Waals surface area contributed by atoms with E-state index in [2.05, 4.69) is 0 Å². The van der Waals surface area contributed by atoms with Crippen LogP contribution in [0.1, 0.15) is 18.4 Å². The molecule has 2 rings (SSSR count). The molecule has 0 amide bonds. The molecule has 0 radical (unpaired) electrons. The van der Waals surface area contributed by atoms with Crippen molar-refractivity contribution < 1.29 is 17.6 Å². The van der Waals surface area contributed by atoms with Gasteiger partial charge in [-0.3, -0.25) is 0 Å². The van der Waals surface area contributed by atoms with Crippen molar-refractivity contribution in [2.45, 2.75) is 25.1 Å². The van der Waals surface area contributed by atoms with E-state index in [-0.39, 0.29) is 11.7 Å². The number of halogens is 4. The summed E-state index contributed by atoms with van der Waals surface area (Å²) in [5.74, 6) is -0.842. The lowest BCUT2D eigenvalue weighted by Crippen LogP contribution is -2.32. The molecule has 0 bridgehead atoms. The van der Waals surface area contributed by atoms with Gasteiger partial charge in [-0.05, 0) is 31.0 Å². The van der Waals surface area contributed by atoms with Gasteiger partial charge < -0.3 is 10.6 Å². The zero-order chi connectivity index (χ0) is 13.3. The molecule has 1 fully saturated rings. The molecule has 2 nitrogen and oxygen atoms in total. The van der Waals surface area contributed by atoms with Crippen LogP contribution >= 0.6 is 0 Å². The van der Waals surface area contributed by atoms with E-state index in [1.165, 1.54) is 6.07 Å². The van der Waals surface area contributed by atoms with Crippen LogP contribution in [0.3, 0.4) is 0 Å². The summed E-state index contributed by atoms with van der Waals surface area (Å²) in [7, 11) is 0. The minimum absolute atomic E-state index is 0.205. The topological polar surface area (TPSA) is 29.3 Å². The summed E-state index contributed by atoms with van der Waals surface area (Å²) in [5, 5.41) is 0. The molecule has 0 saturated heterocycles. The van der Waals surface area contributed by atoms with Crippen molar-refractivity contribution in [3.63, 3.8) is 0 Å². The van der Waals surface area contributed by atoms with E-state index in [0.717, 1.165) is 18.9 Å². The predicted molar refractivity (Wildman–Crippen MR) is 60.8 cm³/mol. The lowest BCUT2D eigenvalue weighted by Gasteiger charge is -2.24. The van der Waals surface area contributed by atoms with Crippen LogP contribution in [-0.4, -0.2) is 19.1 Å². The Labute approximate surface area is 102 Å². The lowest BCUT2D eigenvalue weighted by atomic mass is 10.1. The first-order chi connectivity index (χ1) is 8.43. The van der Waals surface area contributed by atoms with Crippen LogP contribution in [0.2, 0.25) is 0 Å². The fourth-order valence-electron chi connectivity index (χ4n) is 1.94. The van der Waals surface area contributed by atoms with Crippen LogP contribution in [0.5, 0.6) is 0 Å².